The van der Waals surface area contributed by atoms with Crippen LogP contribution in [0.4, 0.5) is 0 Å². The molecule has 1 aliphatic heterocycles. The number of carbonyl (C=O) groups is 1. The minimum absolute atomic E-state index is 0.157. The van der Waals surface area contributed by atoms with Crippen molar-refractivity contribution in [2.24, 2.45) is 7.05 Å². The van der Waals surface area contributed by atoms with Crippen molar-refractivity contribution >= 4 is 17.7 Å². The second-order valence-electron chi connectivity index (χ2n) is 6.90. The molecule has 6 nitrogen and oxygen atoms in total. The smallest absolute Gasteiger partial charge is 0.240 e. The van der Waals surface area contributed by atoms with Crippen LogP contribution in [0, 0.1) is 0 Å². The molecule has 1 saturated heterocycles. The van der Waals surface area contributed by atoms with E-state index in [4.69, 9.17) is 0 Å². The van der Waals surface area contributed by atoms with Gasteiger partial charge in [0.05, 0.1) is 0 Å². The average molecular weight is 394 g/mol. The third-order valence-electron chi connectivity index (χ3n) is 4.99. The summed E-state index contributed by atoms with van der Waals surface area (Å²) in [6, 6.07) is 13.8. The van der Waals surface area contributed by atoms with Gasteiger partial charge in [0, 0.05) is 38.1 Å². The minimum atomic E-state index is -0.326. The molecule has 28 heavy (non-hydrogen) atoms. The Labute approximate surface area is 169 Å². The number of likely N-dealkylation sites (tertiary alicyclic amines) is 1. The maximum atomic E-state index is 13.3. The van der Waals surface area contributed by atoms with Crippen LogP contribution in [0.3, 0.4) is 0 Å². The topological polar surface area (TPSA) is 63.9 Å². The molecule has 0 radical (unpaired) electrons. The van der Waals surface area contributed by atoms with Crippen molar-refractivity contribution in [1.29, 1.82) is 0 Å². The second-order valence-corrected chi connectivity index (χ2v) is 7.97. The molecule has 0 saturated carbocycles. The van der Waals surface area contributed by atoms with Crippen LogP contribution >= 0.6 is 11.8 Å². The standard InChI is InChI=1S/C21H23N5OS/c1-25-19(17-10-12-22-13-11-17)23-24-21(25)28-18(16-8-4-2-5-9-16)20(27)26-14-6-3-7-15-26/h2,4-5,8-13,18H,3,6-7,14-15H2,1H3/t18-/m1/s1. The number of piperidine rings is 1. The fourth-order valence-corrected chi connectivity index (χ4v) is 4.53. The van der Waals surface area contributed by atoms with E-state index in [9.17, 15) is 4.79 Å². The molecule has 0 N–H and O–H groups in total. The van der Waals surface area contributed by atoms with Gasteiger partial charge in [-0.2, -0.15) is 0 Å². The van der Waals surface area contributed by atoms with Gasteiger partial charge in [0.25, 0.3) is 0 Å². The summed E-state index contributed by atoms with van der Waals surface area (Å²) in [4.78, 5) is 19.4. The van der Waals surface area contributed by atoms with Gasteiger partial charge in [-0.3, -0.25) is 9.78 Å². The summed E-state index contributed by atoms with van der Waals surface area (Å²) in [5.74, 6) is 0.923. The summed E-state index contributed by atoms with van der Waals surface area (Å²) in [5.41, 5.74) is 1.95. The van der Waals surface area contributed by atoms with Crippen LogP contribution in [0.2, 0.25) is 0 Å². The first-order valence-corrected chi connectivity index (χ1v) is 10.4. The van der Waals surface area contributed by atoms with Gasteiger partial charge < -0.3 is 9.47 Å². The number of aromatic nitrogens is 4. The summed E-state index contributed by atoms with van der Waals surface area (Å²) in [5, 5.41) is 9.12. The highest BCUT2D eigenvalue weighted by Crippen LogP contribution is 2.37. The normalized spacial score (nSPS) is 15.4. The second kappa shape index (κ2) is 8.56. The van der Waals surface area contributed by atoms with Crippen LogP contribution in [-0.2, 0) is 11.8 Å². The van der Waals surface area contributed by atoms with Crippen LogP contribution < -0.4 is 0 Å². The lowest BCUT2D eigenvalue weighted by Gasteiger charge is -2.30. The van der Waals surface area contributed by atoms with E-state index in [1.54, 1.807) is 12.4 Å². The maximum absolute atomic E-state index is 13.3. The molecule has 144 valence electrons. The quantitative estimate of drug-likeness (QED) is 0.618. The molecule has 1 aliphatic rings. The van der Waals surface area contributed by atoms with Crippen molar-refractivity contribution in [3.63, 3.8) is 0 Å². The van der Waals surface area contributed by atoms with E-state index in [1.165, 1.54) is 18.2 Å². The highest BCUT2D eigenvalue weighted by Gasteiger charge is 2.29. The van der Waals surface area contributed by atoms with Gasteiger partial charge in [0.15, 0.2) is 11.0 Å². The molecule has 3 heterocycles. The number of thioether (sulfide) groups is 1. The van der Waals surface area contributed by atoms with Crippen LogP contribution in [-0.4, -0.2) is 43.6 Å². The number of hydrogen-bond acceptors (Lipinski definition) is 5. The molecule has 1 atom stereocenters. The third kappa shape index (κ3) is 3.94. The first-order chi connectivity index (χ1) is 13.7. The van der Waals surface area contributed by atoms with E-state index >= 15 is 0 Å². The molecule has 1 aromatic carbocycles. The first-order valence-electron chi connectivity index (χ1n) is 9.54. The molecule has 2 aromatic heterocycles. The first kappa shape index (κ1) is 18.7. The molecule has 0 unspecified atom stereocenters. The Hall–Kier alpha value is -2.67. The van der Waals surface area contributed by atoms with Gasteiger partial charge in [-0.25, -0.2) is 0 Å². The van der Waals surface area contributed by atoms with E-state index in [1.807, 2.05) is 59.0 Å². The molecule has 0 spiro atoms. The number of hydrogen-bond donors (Lipinski definition) is 0. The zero-order valence-corrected chi connectivity index (χ0v) is 16.7. The lowest BCUT2D eigenvalue weighted by atomic mass is 10.1. The number of amides is 1. The predicted molar refractivity (Wildman–Crippen MR) is 110 cm³/mol. The summed E-state index contributed by atoms with van der Waals surface area (Å²) in [7, 11) is 1.94. The SMILES string of the molecule is Cn1c(S[C@@H](C(=O)N2CCCCC2)c2ccccc2)nnc1-c1ccncc1. The highest BCUT2D eigenvalue weighted by atomic mass is 32.2. The molecule has 0 aliphatic carbocycles. The molecular formula is C21H23N5OS. The van der Waals surface area contributed by atoms with Gasteiger partial charge in [0.2, 0.25) is 5.91 Å². The summed E-state index contributed by atoms with van der Waals surface area (Å²) in [6.07, 6.45) is 6.83. The molecule has 7 heteroatoms. The van der Waals surface area contributed by atoms with Gasteiger partial charge in [0.1, 0.15) is 5.25 Å². The fraction of sp³-hybridized carbons (Fsp3) is 0.333. The predicted octanol–water partition coefficient (Wildman–Crippen LogP) is 3.72. The Bertz CT molecular complexity index is 922. The monoisotopic (exact) mass is 393 g/mol. The molecule has 1 amide bonds. The zero-order chi connectivity index (χ0) is 19.3. The number of nitrogens with zero attached hydrogens (tertiary/aromatic N) is 5. The van der Waals surface area contributed by atoms with E-state index < -0.39 is 0 Å². The molecule has 0 bridgehead atoms. The molecular weight excluding hydrogens is 370 g/mol. The van der Waals surface area contributed by atoms with Crippen molar-refractivity contribution in [2.45, 2.75) is 29.7 Å². The van der Waals surface area contributed by atoms with Crippen molar-refractivity contribution < 1.29 is 4.79 Å². The van der Waals surface area contributed by atoms with Gasteiger partial charge in [-0.1, -0.05) is 42.1 Å². The van der Waals surface area contributed by atoms with Crippen LogP contribution in [0.1, 0.15) is 30.1 Å². The van der Waals surface area contributed by atoms with E-state index in [0.29, 0.717) is 0 Å². The van der Waals surface area contributed by atoms with Gasteiger partial charge in [-0.15, -0.1) is 10.2 Å². The van der Waals surface area contributed by atoms with Crippen molar-refractivity contribution in [1.82, 2.24) is 24.6 Å². The highest BCUT2D eigenvalue weighted by molar-refractivity contribution is 8.00. The third-order valence-corrected chi connectivity index (χ3v) is 6.27. The number of benzene rings is 1. The Morgan fingerprint density at radius 1 is 1.00 bits per heavy atom. The van der Waals surface area contributed by atoms with Crippen molar-refractivity contribution in [2.75, 3.05) is 13.1 Å². The van der Waals surface area contributed by atoms with Gasteiger partial charge in [-0.05, 0) is 37.0 Å². The summed E-state index contributed by atoms with van der Waals surface area (Å²) in [6.45, 7) is 1.67. The minimum Gasteiger partial charge on any atom is -0.341 e. The Morgan fingerprint density at radius 2 is 1.71 bits per heavy atom. The van der Waals surface area contributed by atoms with Crippen molar-refractivity contribution in [3.05, 3.63) is 60.4 Å². The van der Waals surface area contributed by atoms with Crippen LogP contribution in [0.25, 0.3) is 11.4 Å². The number of rotatable bonds is 5. The molecule has 4 rings (SSSR count). The van der Waals surface area contributed by atoms with Crippen molar-refractivity contribution in [3.8, 4) is 11.4 Å². The van der Waals surface area contributed by atoms with Crippen LogP contribution in [0.5, 0.6) is 0 Å². The number of pyridine rings is 1. The Kier molecular flexibility index (Phi) is 5.71. The van der Waals surface area contributed by atoms with Gasteiger partial charge >= 0.3 is 0 Å². The molecule has 1 fully saturated rings. The zero-order valence-electron chi connectivity index (χ0n) is 15.9. The van der Waals surface area contributed by atoms with E-state index in [2.05, 4.69) is 15.2 Å². The maximum Gasteiger partial charge on any atom is 0.240 e. The Morgan fingerprint density at radius 3 is 2.43 bits per heavy atom. The lowest BCUT2D eigenvalue weighted by molar-refractivity contribution is -0.131. The van der Waals surface area contributed by atoms with Crippen LogP contribution in [0.15, 0.2) is 60.0 Å². The van der Waals surface area contributed by atoms with E-state index in [-0.39, 0.29) is 11.2 Å². The summed E-state index contributed by atoms with van der Waals surface area (Å²) < 4.78 is 1.94. The van der Waals surface area contributed by atoms with E-state index in [0.717, 1.165) is 48.0 Å². The number of carbonyl (C=O) groups excluding carboxylic acids is 1. The summed E-state index contributed by atoms with van der Waals surface area (Å²) >= 11 is 1.47. The fourth-order valence-electron chi connectivity index (χ4n) is 3.44. The molecule has 3 aromatic rings. The largest absolute Gasteiger partial charge is 0.341 e. The average Bonchev–Trinajstić information content (AvgIpc) is 3.13. The lowest BCUT2D eigenvalue weighted by Crippen LogP contribution is -2.38. The Balaban J connectivity index is 1.63.